The van der Waals surface area contributed by atoms with Gasteiger partial charge < -0.3 is 4.90 Å². The van der Waals surface area contributed by atoms with Gasteiger partial charge >= 0.3 is 0 Å². The van der Waals surface area contributed by atoms with Gasteiger partial charge in [0.2, 0.25) is 5.91 Å². The molecular formula is C17H23N3OS. The summed E-state index contributed by atoms with van der Waals surface area (Å²) in [5.74, 6) is 0.289. The lowest BCUT2D eigenvalue weighted by Crippen LogP contribution is -2.38. The molecule has 0 bridgehead atoms. The van der Waals surface area contributed by atoms with Crippen molar-refractivity contribution in [2.75, 3.05) is 6.54 Å². The molecule has 118 valence electrons. The van der Waals surface area contributed by atoms with Crippen molar-refractivity contribution in [3.63, 3.8) is 0 Å². The zero-order valence-electron chi connectivity index (χ0n) is 13.3. The van der Waals surface area contributed by atoms with Crippen molar-refractivity contribution < 1.29 is 4.79 Å². The number of carbonyl (C=O) groups excluding carboxylic acids is 1. The van der Waals surface area contributed by atoms with Crippen molar-refractivity contribution in [3.05, 3.63) is 39.8 Å². The second kappa shape index (κ2) is 6.65. The fourth-order valence-electron chi connectivity index (χ4n) is 3.24. The smallest absolute Gasteiger partial charge is 0.223 e. The van der Waals surface area contributed by atoms with E-state index in [9.17, 15) is 4.79 Å². The first kappa shape index (κ1) is 15.3. The van der Waals surface area contributed by atoms with E-state index in [1.165, 1.54) is 10.6 Å². The lowest BCUT2D eigenvalue weighted by molar-refractivity contribution is -0.132. The van der Waals surface area contributed by atoms with Gasteiger partial charge in [0.05, 0.1) is 18.3 Å². The minimum atomic E-state index is 0.289. The Morgan fingerprint density at radius 3 is 3.00 bits per heavy atom. The largest absolute Gasteiger partial charge is 0.338 e. The van der Waals surface area contributed by atoms with E-state index in [0.717, 1.165) is 38.0 Å². The number of likely N-dealkylation sites (tertiary alicyclic amines) is 1. The normalized spacial score (nSPS) is 18.1. The molecular weight excluding hydrogens is 294 g/mol. The third kappa shape index (κ3) is 3.40. The number of carbonyl (C=O) groups is 1. The van der Waals surface area contributed by atoms with Gasteiger partial charge in [0.15, 0.2) is 0 Å². The molecule has 5 heteroatoms. The van der Waals surface area contributed by atoms with E-state index in [0.29, 0.717) is 12.5 Å². The predicted octanol–water partition coefficient (Wildman–Crippen LogP) is 3.19. The van der Waals surface area contributed by atoms with Crippen LogP contribution in [-0.2, 0) is 17.8 Å². The molecule has 0 spiro atoms. The van der Waals surface area contributed by atoms with E-state index in [4.69, 9.17) is 0 Å². The molecule has 1 fully saturated rings. The highest BCUT2D eigenvalue weighted by molar-refractivity contribution is 7.09. The second-order valence-corrected chi connectivity index (χ2v) is 7.10. The van der Waals surface area contributed by atoms with Gasteiger partial charge in [0.1, 0.15) is 0 Å². The van der Waals surface area contributed by atoms with Crippen molar-refractivity contribution in [3.8, 4) is 0 Å². The fourth-order valence-corrected chi connectivity index (χ4v) is 3.95. The van der Waals surface area contributed by atoms with E-state index in [-0.39, 0.29) is 5.91 Å². The highest BCUT2D eigenvalue weighted by atomic mass is 32.1. The van der Waals surface area contributed by atoms with Gasteiger partial charge in [0, 0.05) is 23.5 Å². The van der Waals surface area contributed by atoms with Crippen molar-refractivity contribution in [2.24, 2.45) is 0 Å². The second-order valence-electron chi connectivity index (χ2n) is 6.07. The van der Waals surface area contributed by atoms with Crippen molar-refractivity contribution in [1.82, 2.24) is 14.7 Å². The molecule has 1 aliphatic rings. The molecule has 2 aromatic rings. The predicted molar refractivity (Wildman–Crippen MR) is 89.1 cm³/mol. The van der Waals surface area contributed by atoms with E-state index in [1.54, 1.807) is 11.3 Å². The average molecular weight is 317 g/mol. The first-order valence-corrected chi connectivity index (χ1v) is 8.84. The molecule has 0 unspecified atom stereocenters. The molecule has 0 aliphatic carbocycles. The van der Waals surface area contributed by atoms with Gasteiger partial charge in [-0.15, -0.1) is 11.3 Å². The molecule has 0 N–H and O–H groups in total. The summed E-state index contributed by atoms with van der Waals surface area (Å²) in [5, 5.41) is 6.61. The Labute approximate surface area is 135 Å². The maximum Gasteiger partial charge on any atom is 0.223 e. The summed E-state index contributed by atoms with van der Waals surface area (Å²) in [5.41, 5.74) is 2.22. The van der Waals surface area contributed by atoms with Gasteiger partial charge in [-0.3, -0.25) is 9.48 Å². The number of hydrogen-bond donors (Lipinski definition) is 0. The van der Waals surface area contributed by atoms with Gasteiger partial charge in [0.25, 0.3) is 0 Å². The fraction of sp³-hybridized carbons (Fsp3) is 0.529. The van der Waals surface area contributed by atoms with E-state index >= 15 is 0 Å². The summed E-state index contributed by atoms with van der Waals surface area (Å²) in [6, 6.07) is 6.55. The molecule has 2 aromatic heterocycles. The molecule has 0 saturated carbocycles. The van der Waals surface area contributed by atoms with E-state index < -0.39 is 0 Å². The molecule has 4 nitrogen and oxygen atoms in total. The van der Waals surface area contributed by atoms with E-state index in [1.807, 2.05) is 17.7 Å². The number of aryl methyl sites for hydroxylation is 3. The summed E-state index contributed by atoms with van der Waals surface area (Å²) in [6.45, 7) is 5.82. The number of thiophene rings is 1. The van der Waals surface area contributed by atoms with Crippen LogP contribution in [0.5, 0.6) is 0 Å². The maximum absolute atomic E-state index is 12.5. The van der Waals surface area contributed by atoms with Gasteiger partial charge in [-0.25, -0.2) is 0 Å². The molecule has 1 aliphatic heterocycles. The van der Waals surface area contributed by atoms with Gasteiger partial charge in [-0.2, -0.15) is 5.10 Å². The minimum absolute atomic E-state index is 0.289. The standard InChI is InChI=1S/C17H23N3OS/c1-13-11-14(2)20(18-13)12-15-5-3-9-19(15)17(21)8-7-16-6-4-10-22-16/h4,6,10-11,15H,3,5,7-9,12H2,1-2H3/t15-/m1/s1. The average Bonchev–Trinajstić information content (AvgIpc) is 3.20. The highest BCUT2D eigenvalue weighted by Gasteiger charge is 2.29. The van der Waals surface area contributed by atoms with Crippen LogP contribution in [0.25, 0.3) is 0 Å². The summed E-state index contributed by atoms with van der Waals surface area (Å²) in [7, 11) is 0. The molecule has 0 radical (unpaired) electrons. The van der Waals surface area contributed by atoms with Crippen LogP contribution in [0, 0.1) is 13.8 Å². The molecule has 1 atom stereocenters. The number of hydrogen-bond acceptors (Lipinski definition) is 3. The molecule has 1 amide bonds. The summed E-state index contributed by atoms with van der Waals surface area (Å²) in [6.07, 6.45) is 3.67. The van der Waals surface area contributed by atoms with Crippen molar-refractivity contribution in [2.45, 2.75) is 52.1 Å². The van der Waals surface area contributed by atoms with Crippen LogP contribution in [0.2, 0.25) is 0 Å². The first-order valence-electron chi connectivity index (χ1n) is 7.96. The Balaban J connectivity index is 1.60. The van der Waals surface area contributed by atoms with Crippen molar-refractivity contribution in [1.29, 1.82) is 0 Å². The van der Waals surface area contributed by atoms with E-state index in [2.05, 4.69) is 34.4 Å². The number of nitrogens with zero attached hydrogens (tertiary/aromatic N) is 3. The van der Waals surface area contributed by atoms with Crippen LogP contribution in [0.1, 0.15) is 35.5 Å². The Morgan fingerprint density at radius 1 is 1.45 bits per heavy atom. The molecule has 0 aromatic carbocycles. The molecule has 1 saturated heterocycles. The SMILES string of the molecule is Cc1cc(C)n(C[C@H]2CCCN2C(=O)CCc2cccs2)n1. The zero-order valence-corrected chi connectivity index (χ0v) is 14.1. The monoisotopic (exact) mass is 317 g/mol. The summed E-state index contributed by atoms with van der Waals surface area (Å²) in [4.78, 5) is 15.9. The summed E-state index contributed by atoms with van der Waals surface area (Å²) >= 11 is 1.73. The minimum Gasteiger partial charge on any atom is -0.338 e. The van der Waals surface area contributed by atoms with Crippen LogP contribution in [0.3, 0.4) is 0 Å². The first-order chi connectivity index (χ1) is 10.6. The van der Waals surface area contributed by atoms with Crippen LogP contribution in [0.4, 0.5) is 0 Å². The molecule has 22 heavy (non-hydrogen) atoms. The molecule has 3 heterocycles. The van der Waals surface area contributed by atoms with Crippen LogP contribution < -0.4 is 0 Å². The zero-order chi connectivity index (χ0) is 15.5. The maximum atomic E-state index is 12.5. The Kier molecular flexibility index (Phi) is 4.62. The quantitative estimate of drug-likeness (QED) is 0.849. The van der Waals surface area contributed by atoms with Crippen LogP contribution in [0.15, 0.2) is 23.6 Å². The third-order valence-electron chi connectivity index (χ3n) is 4.35. The number of amides is 1. The lowest BCUT2D eigenvalue weighted by atomic mass is 10.2. The Hall–Kier alpha value is -1.62. The molecule has 3 rings (SSSR count). The lowest BCUT2D eigenvalue weighted by Gasteiger charge is -2.25. The van der Waals surface area contributed by atoms with Crippen molar-refractivity contribution >= 4 is 17.2 Å². The highest BCUT2D eigenvalue weighted by Crippen LogP contribution is 2.21. The Bertz CT molecular complexity index is 632. The number of aromatic nitrogens is 2. The van der Waals surface area contributed by atoms with Gasteiger partial charge in [-0.1, -0.05) is 6.07 Å². The Morgan fingerprint density at radius 2 is 2.32 bits per heavy atom. The van der Waals surface area contributed by atoms with Gasteiger partial charge in [-0.05, 0) is 50.6 Å². The van der Waals surface area contributed by atoms with Crippen LogP contribution >= 0.6 is 11.3 Å². The third-order valence-corrected chi connectivity index (χ3v) is 5.29. The summed E-state index contributed by atoms with van der Waals surface area (Å²) < 4.78 is 2.05. The topological polar surface area (TPSA) is 38.1 Å². The number of rotatable bonds is 5. The van der Waals surface area contributed by atoms with Crippen LogP contribution in [-0.4, -0.2) is 33.2 Å².